The van der Waals surface area contributed by atoms with E-state index in [1.165, 1.54) is 20.7 Å². The van der Waals surface area contributed by atoms with Crippen molar-refractivity contribution in [2.45, 2.75) is 0 Å². The van der Waals surface area contributed by atoms with Gasteiger partial charge >= 0.3 is 0 Å². The molecule has 4 heterocycles. The van der Waals surface area contributed by atoms with E-state index < -0.39 is 8.07 Å². The van der Waals surface area contributed by atoms with Gasteiger partial charge in [0, 0.05) is 35.0 Å². The SMILES string of the molecule is Cn1c(-c2cccc([Si](c3ccccc3)(c3ccccc3)c3cc4c(c5ccccc5n4-c4ccccn4)c4oc5ccccc5c34)c2)nc2ccccc21. The lowest BCUT2D eigenvalue weighted by molar-refractivity contribution is 0.673. The number of hydrogen-bond acceptors (Lipinski definition) is 3. The van der Waals surface area contributed by atoms with Gasteiger partial charge in [0.25, 0.3) is 0 Å². The average molecular weight is 723 g/mol. The molecule has 0 fully saturated rings. The largest absolute Gasteiger partial charge is 0.455 e. The quantitative estimate of drug-likeness (QED) is 0.127. The van der Waals surface area contributed by atoms with Crippen molar-refractivity contribution in [3.63, 3.8) is 0 Å². The first-order chi connectivity index (χ1) is 27.2. The fourth-order valence-corrected chi connectivity index (χ4v) is 14.0. The molecule has 55 heavy (non-hydrogen) atoms. The third kappa shape index (κ3) is 4.58. The summed E-state index contributed by atoms with van der Waals surface area (Å²) in [5, 5.41) is 9.59. The molecule has 0 spiro atoms. The van der Waals surface area contributed by atoms with Crippen molar-refractivity contribution in [3.8, 4) is 17.2 Å². The number of nitrogens with zero attached hydrogens (tertiary/aromatic N) is 4. The van der Waals surface area contributed by atoms with Crippen LogP contribution in [0.1, 0.15) is 0 Å². The van der Waals surface area contributed by atoms with Crippen LogP contribution in [0.5, 0.6) is 0 Å². The fourth-order valence-electron chi connectivity index (χ4n) is 9.00. The molecule has 0 atom stereocenters. The monoisotopic (exact) mass is 722 g/mol. The summed E-state index contributed by atoms with van der Waals surface area (Å²) in [5.41, 5.74) is 7.10. The standard InChI is InChI=1S/C49H34N4OSi/c1-52-41-27-12-10-25-39(41)51-49(52)33-17-16-22-36(31-33)55(34-18-4-2-5-19-34,35-20-6-3-7-21-35)44-32-42-46(48-47(44)38-24-9-13-28-43(38)54-48)37-23-8-11-26-40(37)53(42)45-29-14-15-30-50-45/h2-32H,1H3. The Morgan fingerprint density at radius 3 is 1.93 bits per heavy atom. The van der Waals surface area contributed by atoms with E-state index in [9.17, 15) is 0 Å². The first-order valence-electron chi connectivity index (χ1n) is 18.6. The lowest BCUT2D eigenvalue weighted by Gasteiger charge is -2.35. The highest BCUT2D eigenvalue weighted by atomic mass is 28.3. The van der Waals surface area contributed by atoms with E-state index in [4.69, 9.17) is 14.4 Å². The van der Waals surface area contributed by atoms with Crippen LogP contribution in [0.25, 0.3) is 72.0 Å². The predicted octanol–water partition coefficient (Wildman–Crippen LogP) is 9.01. The lowest BCUT2D eigenvalue weighted by Crippen LogP contribution is -2.75. The minimum Gasteiger partial charge on any atom is -0.455 e. The van der Waals surface area contributed by atoms with Crippen molar-refractivity contribution in [3.05, 3.63) is 188 Å². The zero-order chi connectivity index (χ0) is 36.5. The molecule has 11 aromatic rings. The van der Waals surface area contributed by atoms with Crippen LogP contribution in [-0.4, -0.2) is 27.2 Å². The lowest BCUT2D eigenvalue weighted by atomic mass is 10.1. The summed E-state index contributed by atoms with van der Waals surface area (Å²) in [6.45, 7) is 0. The van der Waals surface area contributed by atoms with E-state index >= 15 is 0 Å². The number of furan rings is 1. The summed E-state index contributed by atoms with van der Waals surface area (Å²) in [5.74, 6) is 1.81. The molecule has 6 heteroatoms. The van der Waals surface area contributed by atoms with Gasteiger partial charge in [-0.05, 0) is 63.2 Å². The molecule has 0 amide bonds. The molecule has 0 bridgehead atoms. The van der Waals surface area contributed by atoms with Gasteiger partial charge in [-0.1, -0.05) is 140 Å². The molecule has 0 saturated heterocycles. The highest BCUT2D eigenvalue weighted by Crippen LogP contribution is 2.40. The van der Waals surface area contributed by atoms with Crippen molar-refractivity contribution in [1.82, 2.24) is 19.1 Å². The van der Waals surface area contributed by atoms with Crippen LogP contribution in [0.4, 0.5) is 0 Å². The molecule has 0 saturated carbocycles. The Bertz CT molecular complexity index is 3180. The maximum atomic E-state index is 7.08. The molecule has 4 aromatic heterocycles. The Balaban J connectivity index is 1.36. The molecular formula is C49H34N4OSi. The van der Waals surface area contributed by atoms with Gasteiger partial charge in [-0.3, -0.25) is 4.57 Å². The zero-order valence-electron chi connectivity index (χ0n) is 30.1. The maximum absolute atomic E-state index is 7.08. The highest BCUT2D eigenvalue weighted by Gasteiger charge is 2.44. The Kier molecular flexibility index (Phi) is 7.02. The van der Waals surface area contributed by atoms with Crippen LogP contribution < -0.4 is 20.7 Å². The van der Waals surface area contributed by atoms with E-state index in [1.54, 1.807) is 0 Å². The first kappa shape index (κ1) is 31.5. The summed E-state index contributed by atoms with van der Waals surface area (Å²) < 4.78 is 11.6. The second-order valence-electron chi connectivity index (χ2n) is 14.2. The average Bonchev–Trinajstić information content (AvgIpc) is 3.92. The smallest absolute Gasteiger partial charge is 0.180 e. The van der Waals surface area contributed by atoms with Crippen LogP contribution in [-0.2, 0) is 7.05 Å². The third-order valence-corrected chi connectivity index (χ3v) is 16.1. The molecule has 7 aromatic carbocycles. The Morgan fingerprint density at radius 1 is 0.527 bits per heavy atom. The topological polar surface area (TPSA) is 48.8 Å². The van der Waals surface area contributed by atoms with Crippen LogP contribution in [0.3, 0.4) is 0 Å². The Labute approximate surface area is 318 Å². The van der Waals surface area contributed by atoms with Crippen LogP contribution in [0, 0.1) is 0 Å². The molecule has 260 valence electrons. The number of pyridine rings is 1. The van der Waals surface area contributed by atoms with E-state index in [0.29, 0.717) is 0 Å². The van der Waals surface area contributed by atoms with Crippen molar-refractivity contribution in [1.29, 1.82) is 0 Å². The normalized spacial score (nSPS) is 12.1. The molecule has 0 N–H and O–H groups in total. The van der Waals surface area contributed by atoms with Crippen molar-refractivity contribution >= 4 is 83.6 Å². The van der Waals surface area contributed by atoms with Gasteiger partial charge in [0.1, 0.15) is 22.8 Å². The number of aromatic nitrogens is 4. The third-order valence-electron chi connectivity index (χ3n) is 11.3. The Morgan fingerprint density at radius 2 is 1.18 bits per heavy atom. The van der Waals surface area contributed by atoms with E-state index in [-0.39, 0.29) is 0 Å². The number of rotatable bonds is 6. The molecule has 0 radical (unpaired) electrons. The van der Waals surface area contributed by atoms with Crippen molar-refractivity contribution < 1.29 is 4.42 Å². The van der Waals surface area contributed by atoms with Gasteiger partial charge in [-0.25, -0.2) is 9.97 Å². The first-order valence-corrected chi connectivity index (χ1v) is 20.6. The summed E-state index contributed by atoms with van der Waals surface area (Å²) in [6.07, 6.45) is 1.87. The molecule has 5 nitrogen and oxygen atoms in total. The predicted molar refractivity (Wildman–Crippen MR) is 229 cm³/mol. The summed E-state index contributed by atoms with van der Waals surface area (Å²) in [6, 6.07) is 65.5. The molecule has 0 aliphatic carbocycles. The molecule has 11 rings (SSSR count). The molecule has 0 aliphatic heterocycles. The summed E-state index contributed by atoms with van der Waals surface area (Å²) >= 11 is 0. The van der Waals surface area contributed by atoms with Gasteiger partial charge in [-0.2, -0.15) is 0 Å². The number of para-hydroxylation sites is 4. The second-order valence-corrected chi connectivity index (χ2v) is 18.0. The number of hydrogen-bond donors (Lipinski definition) is 0. The van der Waals surface area contributed by atoms with Gasteiger partial charge in [-0.15, -0.1) is 0 Å². The van der Waals surface area contributed by atoms with Gasteiger partial charge in [0.2, 0.25) is 0 Å². The number of aryl methyl sites for hydroxylation is 1. The van der Waals surface area contributed by atoms with E-state index in [0.717, 1.165) is 72.0 Å². The minimum atomic E-state index is -3.19. The van der Waals surface area contributed by atoms with E-state index in [2.05, 4.69) is 192 Å². The summed E-state index contributed by atoms with van der Waals surface area (Å²) in [4.78, 5) is 10.1. The van der Waals surface area contributed by atoms with Crippen LogP contribution in [0.2, 0.25) is 0 Å². The van der Waals surface area contributed by atoms with Crippen molar-refractivity contribution in [2.75, 3.05) is 0 Å². The Hall–Kier alpha value is -7.02. The number of benzene rings is 7. The molecule has 0 aliphatic rings. The second kappa shape index (κ2) is 12.3. The number of fused-ring (bicyclic) bond motifs is 8. The number of imidazole rings is 1. The fraction of sp³-hybridized carbons (Fsp3) is 0.0204. The van der Waals surface area contributed by atoms with Gasteiger partial charge < -0.3 is 8.98 Å². The van der Waals surface area contributed by atoms with Gasteiger partial charge in [0.15, 0.2) is 8.07 Å². The van der Waals surface area contributed by atoms with Crippen molar-refractivity contribution in [2.24, 2.45) is 7.05 Å². The maximum Gasteiger partial charge on any atom is 0.180 e. The minimum absolute atomic E-state index is 0.866. The zero-order valence-corrected chi connectivity index (χ0v) is 31.1. The van der Waals surface area contributed by atoms with Crippen LogP contribution >= 0.6 is 0 Å². The van der Waals surface area contributed by atoms with E-state index in [1.807, 2.05) is 12.3 Å². The summed E-state index contributed by atoms with van der Waals surface area (Å²) in [7, 11) is -1.07. The molecular weight excluding hydrogens is 689 g/mol. The van der Waals surface area contributed by atoms with Crippen LogP contribution in [0.15, 0.2) is 193 Å². The molecule has 0 unspecified atom stereocenters. The van der Waals surface area contributed by atoms with Gasteiger partial charge in [0.05, 0.1) is 27.5 Å². The highest BCUT2D eigenvalue weighted by molar-refractivity contribution is 7.21.